The molecule has 0 aliphatic carbocycles. The van der Waals surface area contributed by atoms with E-state index in [9.17, 15) is 4.79 Å². The van der Waals surface area contributed by atoms with Crippen LogP contribution in [0.15, 0.2) is 18.5 Å². The van der Waals surface area contributed by atoms with Crippen LogP contribution in [0.1, 0.15) is 37.6 Å². The Morgan fingerprint density at radius 2 is 2.26 bits per heavy atom. The fourth-order valence-corrected chi connectivity index (χ4v) is 2.16. The molecule has 3 N–H and O–H groups in total. The van der Waals surface area contributed by atoms with Gasteiger partial charge in [-0.05, 0) is 25.3 Å². The van der Waals surface area contributed by atoms with Crippen LogP contribution in [0.4, 0.5) is 0 Å². The van der Waals surface area contributed by atoms with Crippen LogP contribution >= 0.6 is 0 Å². The van der Waals surface area contributed by atoms with Crippen LogP contribution in [0.25, 0.3) is 0 Å². The highest BCUT2D eigenvalue weighted by Gasteiger charge is 2.27. The summed E-state index contributed by atoms with van der Waals surface area (Å²) in [5, 5.41) is 2.99. The van der Waals surface area contributed by atoms with Crippen LogP contribution in [0.2, 0.25) is 0 Å². The van der Waals surface area contributed by atoms with E-state index in [1.165, 1.54) is 13.3 Å². The number of hydrogen-bond donors (Lipinski definition) is 2. The summed E-state index contributed by atoms with van der Waals surface area (Å²) in [6.07, 6.45) is 3.92. The molecule has 1 atom stereocenters. The Labute approximate surface area is 114 Å². The molecule has 0 bridgehead atoms. The molecule has 1 heterocycles. The average Bonchev–Trinajstić information content (AvgIpc) is 2.37. The van der Waals surface area contributed by atoms with Gasteiger partial charge in [0.15, 0.2) is 0 Å². The maximum Gasteiger partial charge on any atom is 0.255 e. The molecule has 1 aromatic rings. The van der Waals surface area contributed by atoms with Crippen molar-refractivity contribution >= 4 is 5.91 Å². The molecule has 0 saturated heterocycles. The molecule has 1 unspecified atom stereocenters. The molecule has 0 saturated carbocycles. The van der Waals surface area contributed by atoms with E-state index >= 15 is 0 Å². The van der Waals surface area contributed by atoms with Crippen LogP contribution in [-0.4, -0.2) is 30.1 Å². The molecule has 0 aliphatic heterocycles. The Morgan fingerprint density at radius 1 is 1.58 bits per heavy atom. The molecular weight excluding hydrogens is 242 g/mol. The Hall–Kier alpha value is -1.62. The Morgan fingerprint density at radius 3 is 2.79 bits per heavy atom. The third-order valence-electron chi connectivity index (χ3n) is 2.97. The molecule has 0 aromatic carbocycles. The van der Waals surface area contributed by atoms with Crippen LogP contribution in [-0.2, 0) is 0 Å². The smallest absolute Gasteiger partial charge is 0.255 e. The first-order valence-corrected chi connectivity index (χ1v) is 6.42. The van der Waals surface area contributed by atoms with Gasteiger partial charge >= 0.3 is 0 Å². The van der Waals surface area contributed by atoms with Gasteiger partial charge in [-0.1, -0.05) is 13.8 Å². The Kier molecular flexibility index (Phi) is 5.30. The SMILES string of the molecule is COc1cnccc1C(=O)NC(C)(CN)CC(C)C. The van der Waals surface area contributed by atoms with E-state index in [0.717, 1.165) is 6.42 Å². The van der Waals surface area contributed by atoms with Crippen molar-refractivity contribution < 1.29 is 9.53 Å². The van der Waals surface area contributed by atoms with Crippen molar-refractivity contribution in [2.45, 2.75) is 32.7 Å². The molecule has 106 valence electrons. The van der Waals surface area contributed by atoms with Crippen LogP contribution < -0.4 is 15.8 Å². The molecule has 0 fully saturated rings. The lowest BCUT2D eigenvalue weighted by Gasteiger charge is -2.31. The number of hydrogen-bond acceptors (Lipinski definition) is 4. The predicted molar refractivity (Wildman–Crippen MR) is 75.2 cm³/mol. The van der Waals surface area contributed by atoms with E-state index in [1.54, 1.807) is 12.3 Å². The summed E-state index contributed by atoms with van der Waals surface area (Å²) in [7, 11) is 1.52. The number of rotatable bonds is 6. The lowest BCUT2D eigenvalue weighted by atomic mass is 9.90. The number of carbonyl (C=O) groups excluding carboxylic acids is 1. The fraction of sp³-hybridized carbons (Fsp3) is 0.571. The summed E-state index contributed by atoms with van der Waals surface area (Å²) in [6, 6.07) is 1.64. The van der Waals surface area contributed by atoms with Gasteiger partial charge in [-0.15, -0.1) is 0 Å². The van der Waals surface area contributed by atoms with Gasteiger partial charge in [-0.25, -0.2) is 0 Å². The topological polar surface area (TPSA) is 77.2 Å². The normalized spacial score (nSPS) is 14.0. The summed E-state index contributed by atoms with van der Waals surface area (Å²) in [5.74, 6) is 0.727. The molecular formula is C14H23N3O2. The van der Waals surface area contributed by atoms with Crippen molar-refractivity contribution in [1.29, 1.82) is 0 Å². The maximum atomic E-state index is 12.3. The number of amides is 1. The highest BCUT2D eigenvalue weighted by Crippen LogP contribution is 2.19. The molecule has 0 aliphatic rings. The van der Waals surface area contributed by atoms with E-state index in [2.05, 4.69) is 24.1 Å². The Balaban J connectivity index is 2.88. The van der Waals surface area contributed by atoms with Gasteiger partial charge in [-0.3, -0.25) is 9.78 Å². The van der Waals surface area contributed by atoms with Crippen LogP contribution in [0, 0.1) is 5.92 Å². The largest absolute Gasteiger partial charge is 0.494 e. The first-order valence-electron chi connectivity index (χ1n) is 6.42. The molecule has 0 spiro atoms. The summed E-state index contributed by atoms with van der Waals surface area (Å²) in [5.41, 5.74) is 5.85. The van der Waals surface area contributed by atoms with E-state index in [-0.39, 0.29) is 5.91 Å². The van der Waals surface area contributed by atoms with Crippen molar-refractivity contribution in [1.82, 2.24) is 10.3 Å². The first kappa shape index (κ1) is 15.4. The van der Waals surface area contributed by atoms with E-state index in [1.807, 2.05) is 6.92 Å². The monoisotopic (exact) mass is 265 g/mol. The summed E-state index contributed by atoms with van der Waals surface area (Å²) < 4.78 is 5.14. The van der Waals surface area contributed by atoms with Gasteiger partial charge < -0.3 is 15.8 Å². The van der Waals surface area contributed by atoms with Gasteiger partial charge in [0.05, 0.1) is 18.9 Å². The first-order chi connectivity index (χ1) is 8.91. The number of aromatic nitrogens is 1. The Bertz CT molecular complexity index is 434. The zero-order valence-electron chi connectivity index (χ0n) is 12.1. The maximum absolute atomic E-state index is 12.3. The lowest BCUT2D eigenvalue weighted by molar-refractivity contribution is 0.0895. The van der Waals surface area contributed by atoms with E-state index < -0.39 is 5.54 Å². The fourth-order valence-electron chi connectivity index (χ4n) is 2.16. The van der Waals surface area contributed by atoms with Gasteiger partial charge in [0.2, 0.25) is 0 Å². The molecule has 0 radical (unpaired) electrons. The molecule has 19 heavy (non-hydrogen) atoms. The molecule has 5 heteroatoms. The minimum absolute atomic E-state index is 0.187. The second-order valence-corrected chi connectivity index (χ2v) is 5.39. The van der Waals surface area contributed by atoms with Crippen molar-refractivity contribution in [3.63, 3.8) is 0 Å². The van der Waals surface area contributed by atoms with Gasteiger partial charge in [-0.2, -0.15) is 0 Å². The van der Waals surface area contributed by atoms with Crippen molar-refractivity contribution in [3.8, 4) is 5.75 Å². The molecule has 1 aromatic heterocycles. The van der Waals surface area contributed by atoms with Gasteiger partial charge in [0.25, 0.3) is 5.91 Å². The van der Waals surface area contributed by atoms with Crippen LogP contribution in [0.5, 0.6) is 5.75 Å². The standard InChI is InChI=1S/C14H23N3O2/c1-10(2)7-14(3,9-15)17-13(18)11-5-6-16-8-12(11)19-4/h5-6,8,10H,7,9,15H2,1-4H3,(H,17,18). The summed E-state index contributed by atoms with van der Waals surface area (Å²) in [4.78, 5) is 16.2. The number of pyridine rings is 1. The minimum atomic E-state index is -0.417. The molecule has 1 rings (SSSR count). The average molecular weight is 265 g/mol. The van der Waals surface area contributed by atoms with Crippen molar-refractivity contribution in [2.75, 3.05) is 13.7 Å². The highest BCUT2D eigenvalue weighted by atomic mass is 16.5. The zero-order valence-corrected chi connectivity index (χ0v) is 12.1. The number of ether oxygens (including phenoxy) is 1. The third-order valence-corrected chi connectivity index (χ3v) is 2.97. The number of carbonyl (C=O) groups is 1. The third kappa shape index (κ3) is 4.21. The highest BCUT2D eigenvalue weighted by molar-refractivity contribution is 5.97. The minimum Gasteiger partial charge on any atom is -0.494 e. The van der Waals surface area contributed by atoms with Crippen molar-refractivity contribution in [2.24, 2.45) is 11.7 Å². The number of nitrogens with one attached hydrogen (secondary N) is 1. The molecule has 1 amide bonds. The van der Waals surface area contributed by atoms with Gasteiger partial charge in [0, 0.05) is 18.3 Å². The second kappa shape index (κ2) is 6.52. The number of nitrogens with zero attached hydrogens (tertiary/aromatic N) is 1. The number of methoxy groups -OCH3 is 1. The molecule has 5 nitrogen and oxygen atoms in total. The van der Waals surface area contributed by atoms with Gasteiger partial charge in [0.1, 0.15) is 5.75 Å². The number of nitrogens with two attached hydrogens (primary N) is 1. The van der Waals surface area contributed by atoms with Crippen molar-refractivity contribution in [3.05, 3.63) is 24.0 Å². The zero-order chi connectivity index (χ0) is 14.5. The second-order valence-electron chi connectivity index (χ2n) is 5.39. The summed E-state index contributed by atoms with van der Waals surface area (Å²) >= 11 is 0. The lowest BCUT2D eigenvalue weighted by Crippen LogP contribution is -2.52. The quantitative estimate of drug-likeness (QED) is 0.818. The summed E-state index contributed by atoms with van der Waals surface area (Å²) in [6.45, 7) is 6.56. The van der Waals surface area contributed by atoms with Crippen LogP contribution in [0.3, 0.4) is 0 Å². The van der Waals surface area contributed by atoms with E-state index in [4.69, 9.17) is 10.5 Å². The van der Waals surface area contributed by atoms with E-state index in [0.29, 0.717) is 23.8 Å². The predicted octanol–water partition coefficient (Wildman–Crippen LogP) is 1.58.